The predicted octanol–water partition coefficient (Wildman–Crippen LogP) is 7.60. The van der Waals surface area contributed by atoms with Crippen molar-refractivity contribution >= 4 is 29.2 Å². The molecule has 0 spiro atoms. The minimum atomic E-state index is -0.828. The van der Waals surface area contributed by atoms with Crippen molar-refractivity contribution in [1.82, 2.24) is 5.32 Å². The van der Waals surface area contributed by atoms with Crippen molar-refractivity contribution in [3.63, 3.8) is 0 Å². The molecule has 7 nitrogen and oxygen atoms in total. The van der Waals surface area contributed by atoms with E-state index in [2.05, 4.69) is 20.5 Å². The number of carbonyl (C=O) groups excluding carboxylic acids is 1. The molecule has 4 aromatic carbocycles. The lowest BCUT2D eigenvalue weighted by Crippen LogP contribution is -2.29. The number of anilines is 2. The highest BCUT2D eigenvalue weighted by Crippen LogP contribution is 2.36. The van der Waals surface area contributed by atoms with E-state index in [1.807, 2.05) is 66.7 Å². The molecule has 4 aromatic rings. The van der Waals surface area contributed by atoms with Crippen LogP contribution in [0.1, 0.15) is 29.8 Å². The molecule has 0 saturated carbocycles. The number of halogens is 2. The fourth-order valence-electron chi connectivity index (χ4n) is 4.02. The minimum absolute atomic E-state index is 0.215. The van der Waals surface area contributed by atoms with E-state index in [4.69, 9.17) is 4.74 Å². The first kappa shape index (κ1) is 29.5. The Morgan fingerprint density at radius 3 is 2.44 bits per heavy atom. The van der Waals surface area contributed by atoms with Crippen LogP contribution in [0.3, 0.4) is 0 Å². The third-order valence-corrected chi connectivity index (χ3v) is 7.23. The molecule has 0 radical (unpaired) electrons. The van der Waals surface area contributed by atoms with Gasteiger partial charge in [-0.05, 0) is 97.1 Å². The van der Waals surface area contributed by atoms with Crippen molar-refractivity contribution in [1.29, 1.82) is 0 Å². The second-order valence-electron chi connectivity index (χ2n) is 9.69. The van der Waals surface area contributed by atoms with Crippen LogP contribution in [0.4, 0.5) is 20.2 Å². The first-order valence-electron chi connectivity index (χ1n) is 12.8. The van der Waals surface area contributed by atoms with Gasteiger partial charge in [-0.1, -0.05) is 35.5 Å². The number of benzene rings is 4. The van der Waals surface area contributed by atoms with Crippen LogP contribution in [0, 0.1) is 16.5 Å². The summed E-state index contributed by atoms with van der Waals surface area (Å²) in [5.74, 6) is -1.42. The standard InChI is InChI=1S/C31H30F2N4O3S/c1-31(2,37-39)22-7-4-6-20(16-22)21-10-13-28(40-3)29(17-21)41-36-25-9-5-8-24(19-25)34-14-15-35-30(38)26-18-23(32)11-12-27(26)33/h4-13,16-19,34,36H,14-15H2,1-3H3,(H,35,38). The number of methoxy groups -OCH3 is 1. The molecule has 0 aliphatic carbocycles. The normalized spacial score (nSPS) is 11.0. The average Bonchev–Trinajstić information content (AvgIpc) is 2.99. The molecule has 0 aliphatic rings. The Kier molecular flexibility index (Phi) is 9.57. The lowest BCUT2D eigenvalue weighted by Gasteiger charge is -2.17. The number of amides is 1. The highest BCUT2D eigenvalue weighted by molar-refractivity contribution is 8.00. The smallest absolute Gasteiger partial charge is 0.254 e. The monoisotopic (exact) mass is 576 g/mol. The maximum atomic E-state index is 13.8. The van der Waals surface area contributed by atoms with Crippen LogP contribution >= 0.6 is 11.9 Å². The fourth-order valence-corrected chi connectivity index (χ4v) is 4.82. The Bertz CT molecular complexity index is 1550. The first-order chi connectivity index (χ1) is 19.7. The summed E-state index contributed by atoms with van der Waals surface area (Å²) < 4.78 is 36.0. The summed E-state index contributed by atoms with van der Waals surface area (Å²) in [5, 5.41) is 9.04. The molecular formula is C31H30F2N4O3S. The van der Waals surface area contributed by atoms with Gasteiger partial charge in [0.1, 0.15) is 22.9 Å². The van der Waals surface area contributed by atoms with Crippen LogP contribution in [0.2, 0.25) is 0 Å². The third-order valence-electron chi connectivity index (χ3n) is 6.35. The van der Waals surface area contributed by atoms with Crippen LogP contribution in [-0.2, 0) is 5.54 Å². The van der Waals surface area contributed by atoms with Gasteiger partial charge in [-0.25, -0.2) is 8.78 Å². The quantitative estimate of drug-likeness (QED) is 0.0914. The second-order valence-corrected chi connectivity index (χ2v) is 10.5. The zero-order valence-corrected chi connectivity index (χ0v) is 23.6. The molecule has 0 heterocycles. The molecule has 0 atom stereocenters. The second kappa shape index (κ2) is 13.3. The molecule has 41 heavy (non-hydrogen) atoms. The van der Waals surface area contributed by atoms with E-state index in [-0.39, 0.29) is 12.1 Å². The van der Waals surface area contributed by atoms with Gasteiger partial charge in [-0.2, -0.15) is 0 Å². The van der Waals surface area contributed by atoms with E-state index in [1.54, 1.807) is 21.0 Å². The third kappa shape index (κ3) is 7.61. The molecule has 0 saturated heterocycles. The van der Waals surface area contributed by atoms with Gasteiger partial charge in [0.15, 0.2) is 0 Å². The summed E-state index contributed by atoms with van der Waals surface area (Å²) in [6, 6.07) is 24.0. The number of rotatable bonds is 12. The highest BCUT2D eigenvalue weighted by atomic mass is 32.2. The topological polar surface area (TPSA) is 91.8 Å². The Balaban J connectivity index is 1.37. The van der Waals surface area contributed by atoms with Gasteiger partial charge in [0.25, 0.3) is 5.91 Å². The number of hydrogen-bond acceptors (Lipinski definition) is 7. The van der Waals surface area contributed by atoms with Crippen molar-refractivity contribution < 1.29 is 18.3 Å². The number of ether oxygens (including phenoxy) is 1. The average molecular weight is 577 g/mol. The number of carbonyl (C=O) groups is 1. The lowest BCUT2D eigenvalue weighted by molar-refractivity contribution is 0.0950. The largest absolute Gasteiger partial charge is 0.496 e. The molecule has 0 fully saturated rings. The molecule has 0 aliphatic heterocycles. The summed E-state index contributed by atoms with van der Waals surface area (Å²) in [4.78, 5) is 24.3. The van der Waals surface area contributed by atoms with E-state index in [9.17, 15) is 18.5 Å². The fraction of sp³-hybridized carbons (Fsp3) is 0.194. The number of nitrogens with one attached hydrogen (secondary N) is 3. The summed E-state index contributed by atoms with van der Waals surface area (Å²) in [7, 11) is 1.62. The van der Waals surface area contributed by atoms with Gasteiger partial charge in [0.2, 0.25) is 0 Å². The lowest BCUT2D eigenvalue weighted by atomic mass is 9.92. The maximum absolute atomic E-state index is 13.8. The Labute approximate surface area is 241 Å². The molecule has 10 heteroatoms. The van der Waals surface area contributed by atoms with Gasteiger partial charge in [0.05, 0.1) is 17.6 Å². The van der Waals surface area contributed by atoms with E-state index in [0.29, 0.717) is 12.3 Å². The maximum Gasteiger partial charge on any atom is 0.254 e. The first-order valence-corrected chi connectivity index (χ1v) is 13.7. The van der Waals surface area contributed by atoms with Crippen molar-refractivity contribution in [3.8, 4) is 16.9 Å². The molecule has 4 rings (SSSR count). The SMILES string of the molecule is COc1ccc(-c2cccc(C(C)(C)N=O)c2)cc1SNc1cccc(NCCNC(=O)c2cc(F)ccc2F)c1. The summed E-state index contributed by atoms with van der Waals surface area (Å²) >= 11 is 1.39. The van der Waals surface area contributed by atoms with Crippen LogP contribution < -0.4 is 20.1 Å². The van der Waals surface area contributed by atoms with Crippen molar-refractivity contribution in [2.75, 3.05) is 30.2 Å². The molecule has 0 bridgehead atoms. The van der Waals surface area contributed by atoms with E-state index >= 15 is 0 Å². The van der Waals surface area contributed by atoms with Crippen molar-refractivity contribution in [2.45, 2.75) is 24.3 Å². The Hall–Kier alpha value is -4.44. The van der Waals surface area contributed by atoms with E-state index in [1.165, 1.54) is 11.9 Å². The van der Waals surface area contributed by atoms with Crippen molar-refractivity contribution in [3.05, 3.63) is 113 Å². The zero-order chi connectivity index (χ0) is 29.4. The van der Waals surface area contributed by atoms with Crippen molar-refractivity contribution in [2.24, 2.45) is 5.18 Å². The van der Waals surface area contributed by atoms with Crippen LogP contribution in [0.15, 0.2) is 95.0 Å². The molecule has 3 N–H and O–H groups in total. The zero-order valence-electron chi connectivity index (χ0n) is 22.8. The predicted molar refractivity (Wildman–Crippen MR) is 160 cm³/mol. The Morgan fingerprint density at radius 1 is 0.902 bits per heavy atom. The summed E-state index contributed by atoms with van der Waals surface area (Å²) in [6.45, 7) is 4.16. The summed E-state index contributed by atoms with van der Waals surface area (Å²) in [5.41, 5.74) is 3.24. The van der Waals surface area contributed by atoms with Crippen LogP contribution in [-0.4, -0.2) is 26.1 Å². The van der Waals surface area contributed by atoms with Gasteiger partial charge in [-0.15, -0.1) is 4.91 Å². The summed E-state index contributed by atoms with van der Waals surface area (Å²) in [6.07, 6.45) is 0. The number of nitrogens with zero attached hydrogens (tertiary/aromatic N) is 1. The minimum Gasteiger partial charge on any atom is -0.496 e. The van der Waals surface area contributed by atoms with Crippen LogP contribution in [0.25, 0.3) is 11.1 Å². The highest BCUT2D eigenvalue weighted by Gasteiger charge is 2.21. The molecule has 1 amide bonds. The van der Waals surface area contributed by atoms with E-state index in [0.717, 1.165) is 51.2 Å². The molecular weight excluding hydrogens is 546 g/mol. The van der Waals surface area contributed by atoms with Gasteiger partial charge < -0.3 is 20.1 Å². The Morgan fingerprint density at radius 2 is 1.66 bits per heavy atom. The molecule has 0 aromatic heterocycles. The number of hydrogen-bond donors (Lipinski definition) is 3. The molecule has 0 unspecified atom stereocenters. The van der Waals surface area contributed by atoms with Gasteiger partial charge in [-0.3, -0.25) is 4.79 Å². The number of nitroso groups, excluding NO2 is 1. The molecule has 212 valence electrons. The van der Waals surface area contributed by atoms with Crippen LogP contribution in [0.5, 0.6) is 5.75 Å². The van der Waals surface area contributed by atoms with Gasteiger partial charge in [0, 0.05) is 24.5 Å². The van der Waals surface area contributed by atoms with E-state index < -0.39 is 23.1 Å². The van der Waals surface area contributed by atoms with Gasteiger partial charge >= 0.3 is 0 Å².